The maximum absolute atomic E-state index is 5.45. The molecule has 164 valence electrons. The molecule has 0 amide bonds. The maximum atomic E-state index is 5.45. The number of hydrogen-bond donors (Lipinski definition) is 0. The van der Waals surface area contributed by atoms with E-state index in [0.29, 0.717) is 0 Å². The highest BCUT2D eigenvalue weighted by molar-refractivity contribution is 5.90. The fraction of sp³-hybridized carbons (Fsp3) is 0.444. The minimum atomic E-state index is 0.0391. The summed E-state index contributed by atoms with van der Waals surface area (Å²) >= 11 is 0. The first-order valence-corrected chi connectivity index (χ1v) is 11.5. The van der Waals surface area contributed by atoms with Crippen LogP contribution in [-0.2, 0) is 4.74 Å². The van der Waals surface area contributed by atoms with Gasteiger partial charge in [0, 0.05) is 42.8 Å². The van der Waals surface area contributed by atoms with Crippen LogP contribution in [0, 0.1) is 6.92 Å². The van der Waals surface area contributed by atoms with Gasteiger partial charge >= 0.3 is 0 Å². The highest BCUT2D eigenvalue weighted by atomic mass is 16.5. The number of aliphatic imine (C=N–C) groups is 1. The van der Waals surface area contributed by atoms with Gasteiger partial charge in [-0.2, -0.15) is 0 Å². The number of benzene rings is 2. The molecule has 1 fully saturated rings. The quantitative estimate of drug-likeness (QED) is 0.559. The molecule has 0 N–H and O–H groups in total. The van der Waals surface area contributed by atoms with Crippen LogP contribution in [0.1, 0.15) is 50.8 Å². The van der Waals surface area contributed by atoms with Crippen LogP contribution in [0.15, 0.2) is 47.5 Å². The Morgan fingerprint density at radius 3 is 2.45 bits per heavy atom. The first-order valence-electron chi connectivity index (χ1n) is 11.5. The topological polar surface area (TPSA) is 28.1 Å². The Morgan fingerprint density at radius 1 is 1.06 bits per heavy atom. The Morgan fingerprint density at radius 2 is 1.77 bits per heavy atom. The molecule has 2 heterocycles. The molecule has 2 aliphatic heterocycles. The lowest BCUT2D eigenvalue weighted by atomic mass is 9.87. The lowest BCUT2D eigenvalue weighted by molar-refractivity contribution is 0.122. The Balaban J connectivity index is 1.58. The minimum Gasteiger partial charge on any atom is -0.378 e. The third-order valence-corrected chi connectivity index (χ3v) is 6.39. The minimum absolute atomic E-state index is 0.0391. The predicted octanol–water partition coefficient (Wildman–Crippen LogP) is 5.99. The number of rotatable bonds is 5. The van der Waals surface area contributed by atoms with Crippen molar-refractivity contribution in [2.24, 2.45) is 4.99 Å². The van der Waals surface area contributed by atoms with Crippen LogP contribution in [-0.4, -0.2) is 44.6 Å². The molecule has 2 aromatic rings. The molecular weight excluding hydrogens is 382 g/mol. The Hall–Kier alpha value is -2.59. The second-order valence-corrected chi connectivity index (χ2v) is 9.23. The number of hydrogen-bond acceptors (Lipinski definition) is 4. The molecule has 2 aromatic carbocycles. The summed E-state index contributed by atoms with van der Waals surface area (Å²) in [5.41, 5.74) is 8.72. The number of nitrogens with zero attached hydrogens (tertiary/aromatic N) is 3. The monoisotopic (exact) mass is 417 g/mol. The molecule has 0 bridgehead atoms. The molecule has 4 rings (SSSR count). The van der Waals surface area contributed by atoms with Crippen molar-refractivity contribution in [3.8, 4) is 0 Å². The van der Waals surface area contributed by atoms with Crippen LogP contribution in [0.4, 0.5) is 17.1 Å². The van der Waals surface area contributed by atoms with Crippen molar-refractivity contribution in [3.63, 3.8) is 0 Å². The largest absolute Gasteiger partial charge is 0.378 e. The van der Waals surface area contributed by atoms with Crippen LogP contribution in [0.3, 0.4) is 0 Å². The number of ether oxygens (including phenoxy) is 1. The lowest BCUT2D eigenvalue weighted by Crippen LogP contribution is -2.45. The van der Waals surface area contributed by atoms with E-state index in [1.54, 1.807) is 0 Å². The summed E-state index contributed by atoms with van der Waals surface area (Å²) in [6, 6.07) is 13.2. The number of anilines is 2. The molecule has 0 aromatic heterocycles. The zero-order valence-corrected chi connectivity index (χ0v) is 19.6. The zero-order valence-electron chi connectivity index (χ0n) is 19.6. The van der Waals surface area contributed by atoms with E-state index in [4.69, 9.17) is 9.73 Å². The normalized spacial score (nSPS) is 18.3. The van der Waals surface area contributed by atoms with Crippen molar-refractivity contribution >= 4 is 28.8 Å². The predicted molar refractivity (Wildman–Crippen MR) is 133 cm³/mol. The molecule has 2 aliphatic rings. The molecule has 0 radical (unpaired) electrons. The van der Waals surface area contributed by atoms with Gasteiger partial charge in [-0.25, -0.2) is 0 Å². The Labute approximate surface area is 187 Å². The van der Waals surface area contributed by atoms with E-state index in [2.05, 4.69) is 86.9 Å². The van der Waals surface area contributed by atoms with E-state index >= 15 is 0 Å². The zero-order chi connectivity index (χ0) is 22.0. The molecular formula is C27H35N3O. The van der Waals surface area contributed by atoms with Gasteiger partial charge in [0.1, 0.15) is 0 Å². The molecule has 0 atom stereocenters. The van der Waals surface area contributed by atoms with Crippen molar-refractivity contribution in [2.45, 2.75) is 46.6 Å². The molecule has 31 heavy (non-hydrogen) atoms. The molecule has 0 saturated carbocycles. The van der Waals surface area contributed by atoms with Crippen molar-refractivity contribution in [1.82, 2.24) is 0 Å². The molecule has 0 spiro atoms. The summed E-state index contributed by atoms with van der Waals surface area (Å²) in [6.45, 7) is 15.9. The molecule has 4 heteroatoms. The van der Waals surface area contributed by atoms with E-state index in [1.165, 1.54) is 33.6 Å². The number of allylic oxidation sites excluding steroid dienone is 1. The third kappa shape index (κ3) is 4.54. The first kappa shape index (κ1) is 21.6. The standard InChI is InChI=1S/C27H35N3O/c1-6-11-30-26-16-20(2)22(17-25(26)21(3)18-27(30,4)5)19-28-23-7-9-24(10-8-23)29-12-14-31-15-13-29/h7-10,16-19H,6,11-15H2,1-5H3. The van der Waals surface area contributed by atoms with Crippen LogP contribution in [0.5, 0.6) is 0 Å². The third-order valence-electron chi connectivity index (χ3n) is 6.39. The van der Waals surface area contributed by atoms with Crippen LogP contribution in [0.25, 0.3) is 5.57 Å². The summed E-state index contributed by atoms with van der Waals surface area (Å²) in [6.07, 6.45) is 5.54. The lowest BCUT2D eigenvalue weighted by Gasteiger charge is -2.43. The first-order chi connectivity index (χ1) is 14.9. The summed E-state index contributed by atoms with van der Waals surface area (Å²) in [5, 5.41) is 0. The van der Waals surface area contributed by atoms with Crippen molar-refractivity contribution in [3.05, 3.63) is 59.2 Å². The van der Waals surface area contributed by atoms with Gasteiger partial charge in [-0.05, 0) is 87.2 Å². The highest BCUT2D eigenvalue weighted by Gasteiger charge is 2.31. The van der Waals surface area contributed by atoms with Gasteiger partial charge in [0.05, 0.1) is 24.4 Å². The Kier molecular flexibility index (Phi) is 6.19. The van der Waals surface area contributed by atoms with Crippen molar-refractivity contribution < 1.29 is 4.74 Å². The summed E-state index contributed by atoms with van der Waals surface area (Å²) in [7, 11) is 0. The highest BCUT2D eigenvalue weighted by Crippen LogP contribution is 2.40. The number of aryl methyl sites for hydroxylation is 1. The van der Waals surface area contributed by atoms with E-state index in [0.717, 1.165) is 45.0 Å². The van der Waals surface area contributed by atoms with Gasteiger partial charge in [0.15, 0.2) is 0 Å². The van der Waals surface area contributed by atoms with E-state index in [1.807, 2.05) is 6.21 Å². The average molecular weight is 418 g/mol. The molecule has 0 aliphatic carbocycles. The second-order valence-electron chi connectivity index (χ2n) is 9.23. The van der Waals surface area contributed by atoms with Crippen LogP contribution >= 0.6 is 0 Å². The fourth-order valence-corrected chi connectivity index (χ4v) is 4.73. The molecule has 4 nitrogen and oxygen atoms in total. The number of morpholine rings is 1. The Bertz CT molecular complexity index is 982. The van der Waals surface area contributed by atoms with Gasteiger partial charge in [-0.15, -0.1) is 0 Å². The fourth-order valence-electron chi connectivity index (χ4n) is 4.73. The SMILES string of the molecule is CCCN1c2cc(C)c(C=Nc3ccc(N4CCOCC4)cc3)cc2C(C)=CC1(C)C. The van der Waals surface area contributed by atoms with E-state index in [9.17, 15) is 0 Å². The smallest absolute Gasteiger partial charge is 0.0642 e. The molecule has 1 saturated heterocycles. The van der Waals surface area contributed by atoms with Crippen LogP contribution < -0.4 is 9.80 Å². The maximum Gasteiger partial charge on any atom is 0.0642 e. The van der Waals surface area contributed by atoms with Gasteiger partial charge < -0.3 is 14.5 Å². The second kappa shape index (κ2) is 8.88. The van der Waals surface area contributed by atoms with E-state index in [-0.39, 0.29) is 5.54 Å². The van der Waals surface area contributed by atoms with Gasteiger partial charge in [-0.1, -0.05) is 13.0 Å². The average Bonchev–Trinajstić information content (AvgIpc) is 2.76. The van der Waals surface area contributed by atoms with Crippen LogP contribution in [0.2, 0.25) is 0 Å². The molecule has 0 unspecified atom stereocenters. The summed E-state index contributed by atoms with van der Waals surface area (Å²) in [5.74, 6) is 0. The van der Waals surface area contributed by atoms with Gasteiger partial charge in [0.25, 0.3) is 0 Å². The summed E-state index contributed by atoms with van der Waals surface area (Å²) < 4.78 is 5.45. The van der Waals surface area contributed by atoms with Crippen molar-refractivity contribution in [1.29, 1.82) is 0 Å². The van der Waals surface area contributed by atoms with Gasteiger partial charge in [0.2, 0.25) is 0 Å². The number of fused-ring (bicyclic) bond motifs is 1. The summed E-state index contributed by atoms with van der Waals surface area (Å²) in [4.78, 5) is 9.68. The van der Waals surface area contributed by atoms with E-state index < -0.39 is 0 Å². The van der Waals surface area contributed by atoms with Crippen molar-refractivity contribution in [2.75, 3.05) is 42.6 Å². The van der Waals surface area contributed by atoms with Gasteiger partial charge in [-0.3, -0.25) is 4.99 Å².